The van der Waals surface area contributed by atoms with Gasteiger partial charge in [0.05, 0.1) is 18.6 Å². The number of hydrogen-bond acceptors (Lipinski definition) is 3. The van der Waals surface area contributed by atoms with Gasteiger partial charge in [-0.2, -0.15) is 0 Å². The lowest BCUT2D eigenvalue weighted by atomic mass is 9.94. The molecule has 4 heteroatoms. The van der Waals surface area contributed by atoms with E-state index < -0.39 is 0 Å². The van der Waals surface area contributed by atoms with Crippen LogP contribution in [0.4, 0.5) is 5.69 Å². The Balaban J connectivity index is 1.84. The lowest BCUT2D eigenvalue weighted by molar-refractivity contribution is -0.122. The molecule has 1 amide bonds. The normalized spacial score (nSPS) is 28.5. The summed E-state index contributed by atoms with van der Waals surface area (Å²) in [7, 11) is 0. The Morgan fingerprint density at radius 1 is 1.43 bits per heavy atom. The molecule has 1 N–H and O–H groups in total. The number of rotatable bonds is 3. The van der Waals surface area contributed by atoms with Gasteiger partial charge in [0.1, 0.15) is 0 Å². The first-order valence-electron chi connectivity index (χ1n) is 7.96. The predicted octanol–water partition coefficient (Wildman–Crippen LogP) is 2.50. The molecule has 1 saturated heterocycles. The lowest BCUT2D eigenvalue weighted by Gasteiger charge is -2.35. The molecule has 3 unspecified atom stereocenters. The van der Waals surface area contributed by atoms with E-state index in [0.717, 1.165) is 31.6 Å². The zero-order valence-electron chi connectivity index (χ0n) is 12.8. The summed E-state index contributed by atoms with van der Waals surface area (Å²) in [6.45, 7) is 6.46. The van der Waals surface area contributed by atoms with E-state index in [1.54, 1.807) is 0 Å². The van der Waals surface area contributed by atoms with Crippen LogP contribution in [0.25, 0.3) is 0 Å². The van der Waals surface area contributed by atoms with Crippen LogP contribution in [0.2, 0.25) is 0 Å². The molecule has 1 aromatic carbocycles. The molecule has 0 spiro atoms. The van der Waals surface area contributed by atoms with Gasteiger partial charge < -0.3 is 15.0 Å². The second-order valence-corrected chi connectivity index (χ2v) is 6.02. The minimum absolute atomic E-state index is 0.0174. The molecule has 0 aliphatic carbocycles. The van der Waals surface area contributed by atoms with Crippen LogP contribution < -0.4 is 10.2 Å². The van der Waals surface area contributed by atoms with Crippen molar-refractivity contribution in [3.05, 3.63) is 29.8 Å². The molecular formula is C17H24N2O2. The Hall–Kier alpha value is -1.39. The average Bonchev–Trinajstić information content (AvgIpc) is 2.94. The van der Waals surface area contributed by atoms with Crippen molar-refractivity contribution in [2.24, 2.45) is 5.92 Å². The van der Waals surface area contributed by atoms with Crippen LogP contribution in [0.15, 0.2) is 24.3 Å². The maximum Gasteiger partial charge on any atom is 0.232 e. The van der Waals surface area contributed by atoms with E-state index in [-0.39, 0.29) is 17.9 Å². The molecule has 1 fully saturated rings. The number of para-hydroxylation sites is 1. The van der Waals surface area contributed by atoms with Crippen molar-refractivity contribution in [3.63, 3.8) is 0 Å². The van der Waals surface area contributed by atoms with Gasteiger partial charge in [-0.1, -0.05) is 25.1 Å². The Morgan fingerprint density at radius 3 is 2.95 bits per heavy atom. The fraction of sp³-hybridized carbons (Fsp3) is 0.588. The fourth-order valence-corrected chi connectivity index (χ4v) is 3.46. The van der Waals surface area contributed by atoms with E-state index in [2.05, 4.69) is 30.4 Å². The first-order chi connectivity index (χ1) is 10.2. The quantitative estimate of drug-likeness (QED) is 0.929. The van der Waals surface area contributed by atoms with Gasteiger partial charge in [0.15, 0.2) is 0 Å². The van der Waals surface area contributed by atoms with Crippen LogP contribution in [-0.2, 0) is 9.53 Å². The molecule has 0 aromatic heterocycles. The number of amides is 1. The zero-order valence-corrected chi connectivity index (χ0v) is 12.8. The first kappa shape index (κ1) is 14.5. The number of fused-ring (bicyclic) bond motifs is 1. The molecule has 1 aromatic rings. The summed E-state index contributed by atoms with van der Waals surface area (Å²) < 4.78 is 5.57. The fourth-order valence-electron chi connectivity index (χ4n) is 3.46. The van der Waals surface area contributed by atoms with Crippen molar-refractivity contribution in [3.8, 4) is 0 Å². The van der Waals surface area contributed by atoms with E-state index >= 15 is 0 Å². The van der Waals surface area contributed by atoms with Crippen molar-refractivity contribution in [2.45, 2.75) is 38.8 Å². The van der Waals surface area contributed by atoms with Gasteiger partial charge in [-0.15, -0.1) is 0 Å². The lowest BCUT2D eigenvalue weighted by Crippen LogP contribution is -2.42. The van der Waals surface area contributed by atoms with Crippen LogP contribution in [0, 0.1) is 5.92 Å². The van der Waals surface area contributed by atoms with Gasteiger partial charge in [0.25, 0.3) is 0 Å². The SMILES string of the molecule is CCNC1CCN(C(=O)C2COC(C)C2)c2ccccc21. The molecule has 4 nitrogen and oxygen atoms in total. The van der Waals surface area contributed by atoms with Crippen LogP contribution in [0.1, 0.15) is 38.3 Å². The predicted molar refractivity (Wildman–Crippen MR) is 83.4 cm³/mol. The number of anilines is 1. The van der Waals surface area contributed by atoms with Gasteiger partial charge in [0, 0.05) is 18.3 Å². The van der Waals surface area contributed by atoms with Gasteiger partial charge >= 0.3 is 0 Å². The number of benzene rings is 1. The van der Waals surface area contributed by atoms with Crippen molar-refractivity contribution in [1.82, 2.24) is 5.32 Å². The first-order valence-corrected chi connectivity index (χ1v) is 7.96. The molecule has 0 radical (unpaired) electrons. The monoisotopic (exact) mass is 288 g/mol. The summed E-state index contributed by atoms with van der Waals surface area (Å²) in [6, 6.07) is 8.62. The summed E-state index contributed by atoms with van der Waals surface area (Å²) in [5, 5.41) is 3.51. The van der Waals surface area contributed by atoms with Crippen LogP contribution in [0.5, 0.6) is 0 Å². The van der Waals surface area contributed by atoms with Crippen LogP contribution in [-0.4, -0.2) is 31.7 Å². The van der Waals surface area contributed by atoms with E-state index in [0.29, 0.717) is 12.6 Å². The average molecular weight is 288 g/mol. The zero-order chi connectivity index (χ0) is 14.8. The Morgan fingerprint density at radius 2 is 2.24 bits per heavy atom. The molecule has 2 heterocycles. The van der Waals surface area contributed by atoms with Crippen molar-refractivity contribution in [1.29, 1.82) is 0 Å². The minimum atomic E-state index is 0.0174. The summed E-state index contributed by atoms with van der Waals surface area (Å²) in [5.41, 5.74) is 2.31. The number of ether oxygens (including phenoxy) is 1. The third kappa shape index (κ3) is 2.83. The maximum atomic E-state index is 12.8. The van der Waals surface area contributed by atoms with Gasteiger partial charge in [-0.05, 0) is 37.9 Å². The van der Waals surface area contributed by atoms with Crippen LogP contribution >= 0.6 is 0 Å². The Kier molecular flexibility index (Phi) is 4.27. The highest BCUT2D eigenvalue weighted by atomic mass is 16.5. The highest BCUT2D eigenvalue weighted by Crippen LogP contribution is 2.35. The highest BCUT2D eigenvalue weighted by Gasteiger charge is 2.35. The minimum Gasteiger partial charge on any atom is -0.378 e. The summed E-state index contributed by atoms with van der Waals surface area (Å²) in [5.74, 6) is 0.241. The molecule has 2 aliphatic heterocycles. The molecule has 0 saturated carbocycles. The number of carbonyl (C=O) groups is 1. The topological polar surface area (TPSA) is 41.6 Å². The molecular weight excluding hydrogens is 264 g/mol. The summed E-state index contributed by atoms with van der Waals surface area (Å²) in [4.78, 5) is 14.8. The second kappa shape index (κ2) is 6.16. The third-order valence-electron chi connectivity index (χ3n) is 4.51. The molecule has 114 valence electrons. The molecule has 2 aliphatic rings. The van der Waals surface area contributed by atoms with Crippen molar-refractivity contribution < 1.29 is 9.53 Å². The maximum absolute atomic E-state index is 12.8. The van der Waals surface area contributed by atoms with E-state index in [4.69, 9.17) is 4.74 Å². The largest absolute Gasteiger partial charge is 0.378 e. The summed E-state index contributed by atoms with van der Waals surface area (Å²) in [6.07, 6.45) is 2.02. The van der Waals surface area contributed by atoms with E-state index in [1.807, 2.05) is 17.9 Å². The highest BCUT2D eigenvalue weighted by molar-refractivity contribution is 5.96. The second-order valence-electron chi connectivity index (χ2n) is 6.02. The van der Waals surface area contributed by atoms with Gasteiger partial charge in [-0.25, -0.2) is 0 Å². The number of hydrogen-bond donors (Lipinski definition) is 1. The third-order valence-corrected chi connectivity index (χ3v) is 4.51. The molecule has 0 bridgehead atoms. The van der Waals surface area contributed by atoms with E-state index in [1.165, 1.54) is 5.56 Å². The Bertz CT molecular complexity index is 517. The van der Waals surface area contributed by atoms with Gasteiger partial charge in [-0.3, -0.25) is 4.79 Å². The number of nitrogens with zero attached hydrogens (tertiary/aromatic N) is 1. The molecule has 3 atom stereocenters. The number of carbonyl (C=O) groups excluding carboxylic acids is 1. The smallest absolute Gasteiger partial charge is 0.232 e. The van der Waals surface area contributed by atoms with Gasteiger partial charge in [0.2, 0.25) is 5.91 Å². The van der Waals surface area contributed by atoms with Crippen LogP contribution in [0.3, 0.4) is 0 Å². The number of nitrogens with one attached hydrogen (secondary N) is 1. The van der Waals surface area contributed by atoms with E-state index in [9.17, 15) is 4.79 Å². The Labute approximate surface area is 126 Å². The van der Waals surface area contributed by atoms with Crippen molar-refractivity contribution >= 4 is 11.6 Å². The molecule has 3 rings (SSSR count). The summed E-state index contributed by atoms with van der Waals surface area (Å²) >= 11 is 0. The molecule has 21 heavy (non-hydrogen) atoms. The standard InChI is InChI=1S/C17H24N2O2/c1-3-18-15-8-9-19(16-7-5-4-6-14(15)16)17(20)13-10-12(2)21-11-13/h4-7,12-13,15,18H,3,8-11H2,1-2H3. The van der Waals surface area contributed by atoms with Crippen molar-refractivity contribution in [2.75, 3.05) is 24.6 Å².